The normalized spacial score (nSPS) is 27.5. The van der Waals surface area contributed by atoms with Crippen molar-refractivity contribution in [2.75, 3.05) is 26.2 Å². The minimum absolute atomic E-state index is 0.721. The number of nitrogens with zero attached hydrogens (tertiary/aromatic N) is 1. The van der Waals surface area contributed by atoms with E-state index in [1.165, 1.54) is 26.1 Å². The highest BCUT2D eigenvalue weighted by Gasteiger charge is 2.24. The summed E-state index contributed by atoms with van der Waals surface area (Å²) in [7, 11) is 0. The SMILES string of the molecule is C#CCCCN1CCC(NCC)C(C)C1. The molecule has 1 aliphatic rings. The van der Waals surface area contributed by atoms with Crippen LogP contribution in [0.5, 0.6) is 0 Å². The Bertz CT molecular complexity index is 207. The Labute approximate surface area is 94.4 Å². The number of hydrogen-bond acceptors (Lipinski definition) is 2. The van der Waals surface area contributed by atoms with Crippen molar-refractivity contribution in [2.45, 2.75) is 39.2 Å². The highest BCUT2D eigenvalue weighted by Crippen LogP contribution is 2.16. The predicted molar refractivity (Wildman–Crippen MR) is 65.8 cm³/mol. The van der Waals surface area contributed by atoms with Gasteiger partial charge in [-0.15, -0.1) is 12.3 Å². The Kier molecular flexibility index (Phi) is 5.75. The van der Waals surface area contributed by atoms with Crippen molar-refractivity contribution in [3.63, 3.8) is 0 Å². The molecular formula is C13H24N2. The van der Waals surface area contributed by atoms with E-state index in [1.807, 2.05) is 0 Å². The molecule has 0 aromatic heterocycles. The lowest BCUT2D eigenvalue weighted by molar-refractivity contribution is 0.147. The summed E-state index contributed by atoms with van der Waals surface area (Å²) in [4.78, 5) is 2.55. The molecule has 0 spiro atoms. The van der Waals surface area contributed by atoms with Crippen LogP contribution < -0.4 is 5.32 Å². The molecule has 0 bridgehead atoms. The van der Waals surface area contributed by atoms with Crippen LogP contribution in [0.25, 0.3) is 0 Å². The van der Waals surface area contributed by atoms with Crippen molar-refractivity contribution >= 4 is 0 Å². The number of unbranched alkanes of at least 4 members (excludes halogenated alkanes) is 1. The quantitative estimate of drug-likeness (QED) is 0.547. The van der Waals surface area contributed by atoms with Gasteiger partial charge in [-0.3, -0.25) is 0 Å². The highest BCUT2D eigenvalue weighted by atomic mass is 15.1. The fraction of sp³-hybridized carbons (Fsp3) is 0.846. The summed E-state index contributed by atoms with van der Waals surface area (Å²) in [6, 6.07) is 0.721. The third kappa shape index (κ3) is 4.24. The molecular weight excluding hydrogens is 184 g/mol. The van der Waals surface area contributed by atoms with Crippen molar-refractivity contribution in [1.82, 2.24) is 10.2 Å². The molecule has 1 saturated heterocycles. The van der Waals surface area contributed by atoms with Gasteiger partial charge in [0, 0.05) is 19.0 Å². The largest absolute Gasteiger partial charge is 0.314 e. The van der Waals surface area contributed by atoms with E-state index in [9.17, 15) is 0 Å². The minimum atomic E-state index is 0.721. The van der Waals surface area contributed by atoms with Gasteiger partial charge in [0.15, 0.2) is 0 Å². The monoisotopic (exact) mass is 208 g/mol. The van der Waals surface area contributed by atoms with Crippen LogP contribution in [0.2, 0.25) is 0 Å². The standard InChI is InChI=1S/C13H24N2/c1-4-6-7-9-15-10-8-13(14-5-2)12(3)11-15/h1,12-14H,5-11H2,2-3H3. The first kappa shape index (κ1) is 12.5. The molecule has 2 atom stereocenters. The molecule has 0 aromatic rings. The lowest BCUT2D eigenvalue weighted by Crippen LogP contribution is -2.48. The first-order chi connectivity index (χ1) is 7.27. The van der Waals surface area contributed by atoms with Gasteiger partial charge in [0.25, 0.3) is 0 Å². The van der Waals surface area contributed by atoms with Gasteiger partial charge in [0.1, 0.15) is 0 Å². The third-order valence-electron chi connectivity index (χ3n) is 3.25. The van der Waals surface area contributed by atoms with Crippen LogP contribution in [0.4, 0.5) is 0 Å². The zero-order chi connectivity index (χ0) is 11.1. The summed E-state index contributed by atoms with van der Waals surface area (Å²) in [6.45, 7) is 9.25. The molecule has 0 aromatic carbocycles. The van der Waals surface area contributed by atoms with Crippen molar-refractivity contribution < 1.29 is 0 Å². The molecule has 0 aliphatic carbocycles. The molecule has 0 amide bonds. The van der Waals surface area contributed by atoms with E-state index in [0.717, 1.165) is 31.3 Å². The summed E-state index contributed by atoms with van der Waals surface area (Å²) in [6.07, 6.45) is 8.60. The lowest BCUT2D eigenvalue weighted by Gasteiger charge is -2.37. The number of nitrogens with one attached hydrogen (secondary N) is 1. The molecule has 15 heavy (non-hydrogen) atoms. The van der Waals surface area contributed by atoms with E-state index in [1.54, 1.807) is 0 Å². The second-order valence-corrected chi connectivity index (χ2v) is 4.54. The van der Waals surface area contributed by atoms with E-state index in [4.69, 9.17) is 6.42 Å². The second kappa shape index (κ2) is 6.87. The van der Waals surface area contributed by atoms with E-state index < -0.39 is 0 Å². The highest BCUT2D eigenvalue weighted by molar-refractivity contribution is 4.85. The summed E-state index contributed by atoms with van der Waals surface area (Å²) in [5, 5.41) is 3.56. The third-order valence-corrected chi connectivity index (χ3v) is 3.25. The van der Waals surface area contributed by atoms with Gasteiger partial charge in [-0.1, -0.05) is 13.8 Å². The first-order valence-electron chi connectivity index (χ1n) is 6.17. The summed E-state index contributed by atoms with van der Waals surface area (Å²) >= 11 is 0. The van der Waals surface area contributed by atoms with E-state index in [2.05, 4.69) is 30.0 Å². The molecule has 2 unspecified atom stereocenters. The number of terminal acetylenes is 1. The van der Waals surface area contributed by atoms with Crippen LogP contribution in [0.1, 0.15) is 33.1 Å². The van der Waals surface area contributed by atoms with Gasteiger partial charge < -0.3 is 10.2 Å². The molecule has 1 fully saturated rings. The van der Waals surface area contributed by atoms with Crippen LogP contribution in [0, 0.1) is 18.3 Å². The zero-order valence-corrected chi connectivity index (χ0v) is 10.1. The number of piperidine rings is 1. The maximum absolute atomic E-state index is 5.25. The van der Waals surface area contributed by atoms with Crippen LogP contribution >= 0.6 is 0 Å². The maximum Gasteiger partial charge on any atom is 0.0117 e. The molecule has 86 valence electrons. The van der Waals surface area contributed by atoms with Crippen LogP contribution in [0.15, 0.2) is 0 Å². The molecule has 1 N–H and O–H groups in total. The van der Waals surface area contributed by atoms with Crippen molar-refractivity contribution in [3.05, 3.63) is 0 Å². The second-order valence-electron chi connectivity index (χ2n) is 4.54. The van der Waals surface area contributed by atoms with Gasteiger partial charge in [-0.2, -0.15) is 0 Å². The van der Waals surface area contributed by atoms with Gasteiger partial charge >= 0.3 is 0 Å². The summed E-state index contributed by atoms with van der Waals surface area (Å²) in [5.41, 5.74) is 0. The Hall–Kier alpha value is -0.520. The zero-order valence-electron chi connectivity index (χ0n) is 10.1. The van der Waals surface area contributed by atoms with Crippen molar-refractivity contribution in [1.29, 1.82) is 0 Å². The van der Waals surface area contributed by atoms with Crippen molar-refractivity contribution in [2.24, 2.45) is 5.92 Å². The Morgan fingerprint density at radius 2 is 2.33 bits per heavy atom. The summed E-state index contributed by atoms with van der Waals surface area (Å²) in [5.74, 6) is 3.48. The molecule has 1 heterocycles. The van der Waals surface area contributed by atoms with E-state index in [-0.39, 0.29) is 0 Å². The minimum Gasteiger partial charge on any atom is -0.314 e. The van der Waals surface area contributed by atoms with Crippen LogP contribution in [-0.4, -0.2) is 37.1 Å². The Morgan fingerprint density at radius 1 is 1.53 bits per heavy atom. The molecule has 0 radical (unpaired) electrons. The molecule has 0 saturated carbocycles. The molecule has 1 rings (SSSR count). The smallest absolute Gasteiger partial charge is 0.0117 e. The van der Waals surface area contributed by atoms with Crippen molar-refractivity contribution in [3.8, 4) is 12.3 Å². The fourth-order valence-electron chi connectivity index (χ4n) is 2.41. The Balaban J connectivity index is 2.22. The summed E-state index contributed by atoms with van der Waals surface area (Å²) < 4.78 is 0. The Morgan fingerprint density at radius 3 is 2.93 bits per heavy atom. The van der Waals surface area contributed by atoms with Gasteiger partial charge in [0.05, 0.1) is 0 Å². The lowest BCUT2D eigenvalue weighted by atomic mass is 9.93. The first-order valence-corrected chi connectivity index (χ1v) is 6.17. The molecule has 2 nitrogen and oxygen atoms in total. The molecule has 2 heteroatoms. The average molecular weight is 208 g/mol. The average Bonchev–Trinajstić information content (AvgIpc) is 2.23. The van der Waals surface area contributed by atoms with E-state index in [0.29, 0.717) is 0 Å². The van der Waals surface area contributed by atoms with Gasteiger partial charge in [0.2, 0.25) is 0 Å². The number of likely N-dealkylation sites (tertiary alicyclic amines) is 1. The predicted octanol–water partition coefficient (Wildman–Crippen LogP) is 1.72. The maximum atomic E-state index is 5.25. The number of hydrogen-bond donors (Lipinski definition) is 1. The fourth-order valence-corrected chi connectivity index (χ4v) is 2.41. The number of rotatable bonds is 5. The van der Waals surface area contributed by atoms with Gasteiger partial charge in [-0.25, -0.2) is 0 Å². The molecule has 1 aliphatic heterocycles. The van der Waals surface area contributed by atoms with Crippen LogP contribution in [0.3, 0.4) is 0 Å². The van der Waals surface area contributed by atoms with Gasteiger partial charge in [-0.05, 0) is 38.4 Å². The van der Waals surface area contributed by atoms with Crippen LogP contribution in [-0.2, 0) is 0 Å². The van der Waals surface area contributed by atoms with E-state index >= 15 is 0 Å². The topological polar surface area (TPSA) is 15.3 Å².